The molecule has 0 aliphatic heterocycles. The van der Waals surface area contributed by atoms with E-state index in [1.807, 2.05) is 0 Å². The van der Waals surface area contributed by atoms with Gasteiger partial charge in [-0.05, 0) is 24.7 Å². The van der Waals surface area contributed by atoms with E-state index in [9.17, 15) is 0 Å². The Morgan fingerprint density at radius 3 is 2.47 bits per heavy atom. The van der Waals surface area contributed by atoms with Crippen LogP contribution in [0.25, 0.3) is 0 Å². The summed E-state index contributed by atoms with van der Waals surface area (Å²) in [5, 5.41) is 3.66. The topological polar surface area (TPSA) is 21.3 Å². The van der Waals surface area contributed by atoms with Crippen LogP contribution in [0.2, 0.25) is 0 Å². The van der Waals surface area contributed by atoms with E-state index in [1.165, 1.54) is 32.1 Å². The Hall–Kier alpha value is -0.0800. The second-order valence-corrected chi connectivity index (χ2v) is 5.31. The van der Waals surface area contributed by atoms with Gasteiger partial charge in [0.2, 0.25) is 0 Å². The minimum Gasteiger partial charge on any atom is -0.383 e. The number of rotatable bonds is 6. The summed E-state index contributed by atoms with van der Waals surface area (Å²) < 4.78 is 5.21. The number of ether oxygens (including phenoxy) is 1. The summed E-state index contributed by atoms with van der Waals surface area (Å²) in [6, 6.07) is 0.536. The van der Waals surface area contributed by atoms with Crippen LogP contribution in [0.5, 0.6) is 0 Å². The molecule has 1 fully saturated rings. The van der Waals surface area contributed by atoms with Gasteiger partial charge in [0.1, 0.15) is 0 Å². The second-order valence-electron chi connectivity index (χ2n) is 5.31. The van der Waals surface area contributed by atoms with Crippen molar-refractivity contribution in [1.29, 1.82) is 0 Å². The molecule has 0 bridgehead atoms. The third-order valence-electron chi connectivity index (χ3n) is 3.74. The van der Waals surface area contributed by atoms with Crippen LogP contribution >= 0.6 is 0 Å². The van der Waals surface area contributed by atoms with Crippen LogP contribution in [-0.4, -0.2) is 26.3 Å². The number of methoxy groups -OCH3 is 1. The highest BCUT2D eigenvalue weighted by Gasteiger charge is 2.26. The molecule has 2 nitrogen and oxygen atoms in total. The van der Waals surface area contributed by atoms with Gasteiger partial charge < -0.3 is 10.1 Å². The van der Waals surface area contributed by atoms with Crippen molar-refractivity contribution < 1.29 is 4.74 Å². The van der Waals surface area contributed by atoms with Crippen LogP contribution in [0.1, 0.15) is 52.4 Å². The van der Waals surface area contributed by atoms with Gasteiger partial charge in [-0.2, -0.15) is 0 Å². The van der Waals surface area contributed by atoms with E-state index in [-0.39, 0.29) is 0 Å². The van der Waals surface area contributed by atoms with Crippen molar-refractivity contribution in [2.45, 2.75) is 58.4 Å². The highest BCUT2D eigenvalue weighted by atomic mass is 16.5. The Morgan fingerprint density at radius 2 is 1.93 bits per heavy atom. The monoisotopic (exact) mass is 213 g/mol. The van der Waals surface area contributed by atoms with Crippen molar-refractivity contribution >= 4 is 0 Å². The molecule has 0 saturated heterocycles. The molecule has 1 unspecified atom stereocenters. The third-order valence-corrected chi connectivity index (χ3v) is 3.74. The van der Waals surface area contributed by atoms with Crippen LogP contribution in [0.15, 0.2) is 0 Å². The Balaban J connectivity index is 2.26. The number of nitrogens with one attached hydrogen (secondary N) is 1. The van der Waals surface area contributed by atoms with Crippen molar-refractivity contribution in [3.63, 3.8) is 0 Å². The smallest absolute Gasteiger partial charge is 0.0615 e. The molecule has 1 saturated carbocycles. The summed E-state index contributed by atoms with van der Waals surface area (Å²) in [6.07, 6.45) is 8.21. The lowest BCUT2D eigenvalue weighted by Crippen LogP contribution is -2.41. The molecule has 0 radical (unpaired) electrons. The lowest BCUT2D eigenvalue weighted by atomic mass is 9.75. The molecule has 0 heterocycles. The fourth-order valence-corrected chi connectivity index (χ4v) is 2.50. The molecule has 0 aromatic carbocycles. The molecule has 1 aliphatic rings. The molecule has 0 aromatic heterocycles. The largest absolute Gasteiger partial charge is 0.383 e. The fourth-order valence-electron chi connectivity index (χ4n) is 2.50. The molecular weight excluding hydrogens is 186 g/mol. The van der Waals surface area contributed by atoms with Crippen LogP contribution in [-0.2, 0) is 4.74 Å². The molecule has 2 heteroatoms. The molecular formula is C13H27NO. The highest BCUT2D eigenvalue weighted by Crippen LogP contribution is 2.34. The molecule has 1 N–H and O–H groups in total. The first-order chi connectivity index (χ1) is 7.20. The van der Waals surface area contributed by atoms with E-state index < -0.39 is 0 Å². The van der Waals surface area contributed by atoms with E-state index in [4.69, 9.17) is 4.74 Å². The molecule has 90 valence electrons. The van der Waals surface area contributed by atoms with Gasteiger partial charge in [0.05, 0.1) is 6.61 Å². The maximum Gasteiger partial charge on any atom is 0.0615 e. The molecule has 15 heavy (non-hydrogen) atoms. The highest BCUT2D eigenvalue weighted by molar-refractivity contribution is 4.82. The van der Waals surface area contributed by atoms with Gasteiger partial charge in [-0.25, -0.2) is 0 Å². The van der Waals surface area contributed by atoms with Crippen LogP contribution in [0.4, 0.5) is 0 Å². The van der Waals surface area contributed by atoms with Crippen molar-refractivity contribution in [3.8, 4) is 0 Å². The Kier molecular flexibility index (Phi) is 5.62. The lowest BCUT2D eigenvalue weighted by Gasteiger charge is -2.35. The number of hydrogen-bond donors (Lipinski definition) is 1. The maximum atomic E-state index is 5.21. The molecule has 1 aliphatic carbocycles. The van der Waals surface area contributed by atoms with Gasteiger partial charge in [-0.3, -0.25) is 0 Å². The first-order valence-electron chi connectivity index (χ1n) is 6.42. The lowest BCUT2D eigenvalue weighted by molar-refractivity contribution is 0.144. The maximum absolute atomic E-state index is 5.21. The predicted molar refractivity (Wildman–Crippen MR) is 65.1 cm³/mol. The molecule has 0 spiro atoms. The average molecular weight is 213 g/mol. The Labute approximate surface area is 94.8 Å². The Bertz CT molecular complexity index is 164. The predicted octanol–water partition coefficient (Wildman–Crippen LogP) is 2.97. The van der Waals surface area contributed by atoms with Gasteiger partial charge in [0, 0.05) is 19.7 Å². The minimum atomic E-state index is 0.536. The summed E-state index contributed by atoms with van der Waals surface area (Å²) >= 11 is 0. The molecule has 0 amide bonds. The zero-order valence-electron chi connectivity index (χ0n) is 10.6. The van der Waals surface area contributed by atoms with Crippen molar-refractivity contribution in [2.24, 2.45) is 5.41 Å². The normalized spacial score (nSPS) is 22.6. The average Bonchev–Trinajstić information content (AvgIpc) is 2.25. The van der Waals surface area contributed by atoms with E-state index in [1.54, 1.807) is 7.11 Å². The third kappa shape index (κ3) is 4.52. The van der Waals surface area contributed by atoms with Crippen LogP contribution in [0.3, 0.4) is 0 Å². The van der Waals surface area contributed by atoms with Crippen molar-refractivity contribution in [1.82, 2.24) is 5.32 Å². The van der Waals surface area contributed by atoms with E-state index in [2.05, 4.69) is 19.2 Å². The Morgan fingerprint density at radius 1 is 1.27 bits per heavy atom. The minimum absolute atomic E-state index is 0.536. The second kappa shape index (κ2) is 6.49. The zero-order chi connectivity index (χ0) is 11.1. The first kappa shape index (κ1) is 13.0. The first-order valence-corrected chi connectivity index (χ1v) is 6.42. The number of hydrogen-bond acceptors (Lipinski definition) is 2. The zero-order valence-corrected chi connectivity index (χ0v) is 10.6. The van der Waals surface area contributed by atoms with Crippen molar-refractivity contribution in [2.75, 3.05) is 20.3 Å². The fraction of sp³-hybridized carbons (Fsp3) is 1.00. The standard InChI is InChI=1S/C13H27NO/c1-4-12(10-15-3)14-11-13(2)8-6-5-7-9-13/h12,14H,4-11H2,1-3H3. The van der Waals surface area contributed by atoms with Crippen LogP contribution in [0, 0.1) is 5.41 Å². The molecule has 1 atom stereocenters. The van der Waals surface area contributed by atoms with E-state index in [0.717, 1.165) is 19.6 Å². The quantitative estimate of drug-likeness (QED) is 0.732. The summed E-state index contributed by atoms with van der Waals surface area (Å²) in [4.78, 5) is 0. The van der Waals surface area contributed by atoms with Gasteiger partial charge >= 0.3 is 0 Å². The van der Waals surface area contributed by atoms with E-state index >= 15 is 0 Å². The van der Waals surface area contributed by atoms with Crippen molar-refractivity contribution in [3.05, 3.63) is 0 Å². The van der Waals surface area contributed by atoms with Gasteiger partial charge in [-0.15, -0.1) is 0 Å². The summed E-state index contributed by atoms with van der Waals surface area (Å²) in [5.74, 6) is 0. The summed E-state index contributed by atoms with van der Waals surface area (Å²) in [5.41, 5.74) is 0.541. The van der Waals surface area contributed by atoms with E-state index in [0.29, 0.717) is 11.5 Å². The summed E-state index contributed by atoms with van der Waals surface area (Å²) in [7, 11) is 1.78. The SMILES string of the molecule is CCC(COC)NCC1(C)CCCCC1. The van der Waals surface area contributed by atoms with Gasteiger partial charge in [-0.1, -0.05) is 33.1 Å². The molecule has 0 aromatic rings. The molecule has 1 rings (SSSR count). The van der Waals surface area contributed by atoms with Gasteiger partial charge in [0.25, 0.3) is 0 Å². The van der Waals surface area contributed by atoms with Gasteiger partial charge in [0.15, 0.2) is 0 Å². The van der Waals surface area contributed by atoms with Crippen LogP contribution < -0.4 is 5.32 Å². The summed E-state index contributed by atoms with van der Waals surface area (Å²) in [6.45, 7) is 6.65.